The smallest absolute Gasteiger partial charge is 0.174 e. The number of benzene rings is 2. The number of para-hydroxylation sites is 2. The van der Waals surface area contributed by atoms with Crippen molar-refractivity contribution < 1.29 is 0 Å². The predicted molar refractivity (Wildman–Crippen MR) is 112 cm³/mol. The minimum Gasteiger partial charge on any atom is -0.287 e. The first kappa shape index (κ1) is 16.9. The normalized spacial score (nSPS) is 14.2. The third-order valence-corrected chi connectivity index (χ3v) is 5.57. The largest absolute Gasteiger partial charge is 0.287 e. The van der Waals surface area contributed by atoms with Gasteiger partial charge in [-0.1, -0.05) is 71.5 Å². The van der Waals surface area contributed by atoms with Crippen LogP contribution in [0.25, 0.3) is 16.7 Å². The lowest BCUT2D eigenvalue weighted by molar-refractivity contribution is 0.918. The number of nitrogens with zero attached hydrogens (tertiary/aromatic N) is 2. The van der Waals surface area contributed by atoms with Crippen LogP contribution in [0.4, 0.5) is 0 Å². The van der Waals surface area contributed by atoms with Crippen LogP contribution < -0.4 is 0 Å². The summed E-state index contributed by atoms with van der Waals surface area (Å²) in [6.45, 7) is 4.27. The Morgan fingerprint density at radius 1 is 1.04 bits per heavy atom. The van der Waals surface area contributed by atoms with Crippen molar-refractivity contribution in [3.63, 3.8) is 0 Å². The van der Waals surface area contributed by atoms with Crippen molar-refractivity contribution in [1.29, 1.82) is 0 Å². The van der Waals surface area contributed by atoms with Gasteiger partial charge in [0.1, 0.15) is 0 Å². The molecule has 0 spiro atoms. The quantitative estimate of drug-likeness (QED) is 0.512. The monoisotopic (exact) mass is 358 g/mol. The van der Waals surface area contributed by atoms with E-state index in [0.29, 0.717) is 0 Å². The molecular formula is C23H22N2S. The van der Waals surface area contributed by atoms with Gasteiger partial charge in [-0.15, -0.1) is 0 Å². The molecular weight excluding hydrogens is 336 g/mol. The summed E-state index contributed by atoms with van der Waals surface area (Å²) in [5, 5.41) is 1.05. The SMILES string of the molecule is CC1=CC=C(CSc2nc3ccccc3n2-c2cccc(C)c2)CC=C1. The second kappa shape index (κ2) is 7.38. The van der Waals surface area contributed by atoms with Gasteiger partial charge in [-0.2, -0.15) is 0 Å². The van der Waals surface area contributed by atoms with Gasteiger partial charge in [-0.05, 0) is 50.1 Å². The van der Waals surface area contributed by atoms with Gasteiger partial charge in [0.2, 0.25) is 0 Å². The first-order valence-electron chi connectivity index (χ1n) is 8.91. The lowest BCUT2D eigenvalue weighted by atomic mass is 10.2. The Morgan fingerprint density at radius 3 is 2.81 bits per heavy atom. The highest BCUT2D eigenvalue weighted by molar-refractivity contribution is 7.99. The molecule has 0 aliphatic heterocycles. The van der Waals surface area contributed by atoms with Gasteiger partial charge in [-0.3, -0.25) is 4.57 Å². The molecule has 3 aromatic rings. The van der Waals surface area contributed by atoms with Crippen molar-refractivity contribution >= 4 is 22.8 Å². The summed E-state index contributed by atoms with van der Waals surface area (Å²) in [5.74, 6) is 0.948. The Hall–Kier alpha value is -2.52. The summed E-state index contributed by atoms with van der Waals surface area (Å²) in [6, 6.07) is 17.0. The molecule has 1 heterocycles. The molecule has 0 radical (unpaired) electrons. The molecule has 0 N–H and O–H groups in total. The number of imidazole rings is 1. The van der Waals surface area contributed by atoms with Crippen molar-refractivity contribution in [3.05, 3.63) is 89.5 Å². The van der Waals surface area contributed by atoms with Crippen LogP contribution in [-0.4, -0.2) is 15.3 Å². The van der Waals surface area contributed by atoms with E-state index in [9.17, 15) is 0 Å². The summed E-state index contributed by atoms with van der Waals surface area (Å²) in [6.07, 6.45) is 9.89. The number of rotatable bonds is 4. The molecule has 3 heteroatoms. The van der Waals surface area contributed by atoms with E-state index in [4.69, 9.17) is 4.98 Å². The molecule has 26 heavy (non-hydrogen) atoms. The fourth-order valence-electron chi connectivity index (χ4n) is 3.15. The van der Waals surface area contributed by atoms with E-state index in [2.05, 4.69) is 91.2 Å². The number of allylic oxidation sites excluding steroid dienone is 5. The van der Waals surface area contributed by atoms with Crippen LogP contribution in [0.2, 0.25) is 0 Å². The zero-order valence-electron chi connectivity index (χ0n) is 15.1. The zero-order valence-corrected chi connectivity index (χ0v) is 16.0. The minimum atomic E-state index is 0.948. The third-order valence-electron chi connectivity index (χ3n) is 4.52. The van der Waals surface area contributed by atoms with E-state index in [1.54, 1.807) is 0 Å². The molecule has 0 saturated carbocycles. The number of thioether (sulfide) groups is 1. The van der Waals surface area contributed by atoms with Crippen molar-refractivity contribution in [2.45, 2.75) is 25.4 Å². The number of aromatic nitrogens is 2. The van der Waals surface area contributed by atoms with Gasteiger partial charge in [0.15, 0.2) is 5.16 Å². The highest BCUT2D eigenvalue weighted by atomic mass is 32.2. The van der Waals surface area contributed by atoms with E-state index in [1.807, 2.05) is 11.8 Å². The lowest BCUT2D eigenvalue weighted by Gasteiger charge is -2.10. The molecule has 1 aromatic heterocycles. The Bertz CT molecular complexity index is 1040. The van der Waals surface area contributed by atoms with Crippen LogP contribution in [0.3, 0.4) is 0 Å². The van der Waals surface area contributed by atoms with Crippen molar-refractivity contribution in [1.82, 2.24) is 9.55 Å². The number of aryl methyl sites for hydroxylation is 1. The van der Waals surface area contributed by atoms with Crippen molar-refractivity contribution in [2.24, 2.45) is 0 Å². The van der Waals surface area contributed by atoms with Crippen LogP contribution >= 0.6 is 11.8 Å². The average Bonchev–Trinajstić information content (AvgIpc) is 2.88. The van der Waals surface area contributed by atoms with E-state index < -0.39 is 0 Å². The van der Waals surface area contributed by atoms with Gasteiger partial charge < -0.3 is 0 Å². The molecule has 0 unspecified atom stereocenters. The van der Waals surface area contributed by atoms with Crippen LogP contribution in [0.15, 0.2) is 89.1 Å². The number of hydrogen-bond acceptors (Lipinski definition) is 2. The Labute approximate surface area is 159 Å². The second-order valence-electron chi connectivity index (χ2n) is 6.69. The van der Waals surface area contributed by atoms with Crippen LogP contribution in [0.5, 0.6) is 0 Å². The molecule has 0 atom stereocenters. The summed E-state index contributed by atoms with van der Waals surface area (Å²) in [7, 11) is 0. The maximum Gasteiger partial charge on any atom is 0.174 e. The van der Waals surface area contributed by atoms with E-state index >= 15 is 0 Å². The van der Waals surface area contributed by atoms with Crippen molar-refractivity contribution in [2.75, 3.05) is 5.75 Å². The maximum absolute atomic E-state index is 4.91. The lowest BCUT2D eigenvalue weighted by Crippen LogP contribution is -1.98. The maximum atomic E-state index is 4.91. The molecule has 1 aliphatic rings. The molecule has 2 nitrogen and oxygen atoms in total. The van der Waals surface area contributed by atoms with Crippen molar-refractivity contribution in [3.8, 4) is 5.69 Å². The topological polar surface area (TPSA) is 17.8 Å². The fraction of sp³-hybridized carbons (Fsp3) is 0.174. The Kier molecular flexibility index (Phi) is 4.81. The van der Waals surface area contributed by atoms with Gasteiger partial charge in [0, 0.05) is 11.4 Å². The van der Waals surface area contributed by atoms with Gasteiger partial charge >= 0.3 is 0 Å². The van der Waals surface area contributed by atoms with Crippen LogP contribution in [0, 0.1) is 6.92 Å². The van der Waals surface area contributed by atoms with E-state index in [0.717, 1.165) is 28.4 Å². The molecule has 1 aliphatic carbocycles. The number of fused-ring (bicyclic) bond motifs is 1. The molecule has 2 aromatic carbocycles. The summed E-state index contributed by atoms with van der Waals surface area (Å²) >= 11 is 1.81. The summed E-state index contributed by atoms with van der Waals surface area (Å²) < 4.78 is 2.28. The van der Waals surface area contributed by atoms with Gasteiger partial charge in [-0.25, -0.2) is 4.98 Å². The van der Waals surface area contributed by atoms with Crippen LogP contribution in [-0.2, 0) is 0 Å². The zero-order chi connectivity index (χ0) is 17.9. The van der Waals surface area contributed by atoms with Gasteiger partial charge in [0.05, 0.1) is 11.0 Å². The Balaban J connectivity index is 1.71. The molecule has 130 valence electrons. The summed E-state index contributed by atoms with van der Waals surface area (Å²) in [5.41, 5.74) is 7.36. The van der Waals surface area contributed by atoms with Gasteiger partial charge in [0.25, 0.3) is 0 Å². The van der Waals surface area contributed by atoms with Crippen LogP contribution in [0.1, 0.15) is 18.9 Å². The predicted octanol–water partition coefficient (Wildman–Crippen LogP) is 6.26. The highest BCUT2D eigenvalue weighted by Crippen LogP contribution is 2.30. The second-order valence-corrected chi connectivity index (χ2v) is 7.63. The average molecular weight is 359 g/mol. The van der Waals surface area contributed by atoms with E-state index in [1.165, 1.54) is 22.4 Å². The highest BCUT2D eigenvalue weighted by Gasteiger charge is 2.13. The molecule has 0 bridgehead atoms. The minimum absolute atomic E-state index is 0.948. The third kappa shape index (κ3) is 3.54. The Morgan fingerprint density at radius 2 is 1.92 bits per heavy atom. The molecule has 4 rings (SSSR count). The molecule has 0 saturated heterocycles. The molecule has 0 amide bonds. The first-order chi connectivity index (χ1) is 12.7. The van der Waals surface area contributed by atoms with E-state index in [-0.39, 0.29) is 0 Å². The fourth-order valence-corrected chi connectivity index (χ4v) is 4.17. The molecule has 0 fully saturated rings. The standard InChI is InChI=1S/C23H22N2S/c1-17-7-5-9-19(14-13-17)16-26-23-24-21-11-3-4-12-22(21)25(23)20-10-6-8-18(2)15-20/h3-8,10-15H,9,16H2,1-2H3. The number of hydrogen-bond donors (Lipinski definition) is 0. The summed E-state index contributed by atoms with van der Waals surface area (Å²) in [4.78, 5) is 4.91. The first-order valence-corrected chi connectivity index (χ1v) is 9.89.